The van der Waals surface area contributed by atoms with E-state index in [1.807, 2.05) is 38.2 Å². The second-order valence-corrected chi connectivity index (χ2v) is 9.80. The van der Waals surface area contributed by atoms with Gasteiger partial charge in [-0.2, -0.15) is 4.31 Å². The normalized spacial score (nSPS) is 16.6. The molecule has 1 N–H and O–H groups in total. The van der Waals surface area contributed by atoms with E-state index in [1.54, 1.807) is 26.2 Å². The van der Waals surface area contributed by atoms with Gasteiger partial charge in [-0.05, 0) is 55.8 Å². The highest BCUT2D eigenvalue weighted by Gasteiger charge is 2.29. The number of amides is 1. The zero-order chi connectivity index (χ0) is 22.6. The number of hydrogen-bond donors (Lipinski definition) is 1. The molecule has 7 nitrogen and oxygen atoms in total. The maximum Gasteiger partial charge on any atom is 0.251 e. The lowest BCUT2D eigenvalue weighted by Crippen LogP contribution is -2.47. The zero-order valence-electron chi connectivity index (χ0n) is 18.6. The van der Waals surface area contributed by atoms with E-state index < -0.39 is 10.0 Å². The van der Waals surface area contributed by atoms with Crippen LogP contribution in [0.4, 0.5) is 0 Å². The number of carbonyl (C=O) groups excluding carboxylic acids is 1. The molecule has 0 bridgehead atoms. The van der Waals surface area contributed by atoms with E-state index >= 15 is 0 Å². The molecule has 1 fully saturated rings. The molecular weight excluding hydrogens is 414 g/mol. The summed E-state index contributed by atoms with van der Waals surface area (Å²) in [6.07, 6.45) is 0.705. The SMILES string of the molecule is CC[C@@H](NC(=O)c1ccc(C)c(S(=O)(=O)N2CCN(C)CC2)c1)c1ccc(OC)cc1. The first-order chi connectivity index (χ1) is 14.8. The molecule has 1 atom stereocenters. The minimum atomic E-state index is -3.65. The maximum absolute atomic E-state index is 13.2. The maximum atomic E-state index is 13.2. The summed E-state index contributed by atoms with van der Waals surface area (Å²) < 4.78 is 33.1. The lowest BCUT2D eigenvalue weighted by atomic mass is 10.0. The Labute approximate surface area is 185 Å². The minimum absolute atomic E-state index is 0.183. The summed E-state index contributed by atoms with van der Waals surface area (Å²) in [6, 6.07) is 12.3. The Morgan fingerprint density at radius 1 is 1.10 bits per heavy atom. The molecule has 1 heterocycles. The molecule has 0 saturated carbocycles. The van der Waals surface area contributed by atoms with Crippen LogP contribution >= 0.6 is 0 Å². The van der Waals surface area contributed by atoms with Gasteiger partial charge >= 0.3 is 0 Å². The van der Waals surface area contributed by atoms with Gasteiger partial charge in [0.05, 0.1) is 18.0 Å². The van der Waals surface area contributed by atoms with Gasteiger partial charge in [0.2, 0.25) is 10.0 Å². The number of hydrogen-bond acceptors (Lipinski definition) is 5. The number of ether oxygens (including phenoxy) is 1. The van der Waals surface area contributed by atoms with Gasteiger partial charge in [-0.1, -0.05) is 25.1 Å². The van der Waals surface area contributed by atoms with Gasteiger partial charge in [-0.25, -0.2) is 8.42 Å². The number of methoxy groups -OCH3 is 1. The van der Waals surface area contributed by atoms with Crippen molar-refractivity contribution in [1.29, 1.82) is 0 Å². The van der Waals surface area contributed by atoms with Crippen LogP contribution in [0, 0.1) is 6.92 Å². The first-order valence-electron chi connectivity index (χ1n) is 10.5. The van der Waals surface area contributed by atoms with E-state index in [0.29, 0.717) is 43.7 Å². The number of nitrogens with one attached hydrogen (secondary N) is 1. The summed E-state index contributed by atoms with van der Waals surface area (Å²) in [4.78, 5) is 15.3. The van der Waals surface area contributed by atoms with E-state index in [9.17, 15) is 13.2 Å². The third kappa shape index (κ3) is 5.26. The number of rotatable bonds is 7. The van der Waals surface area contributed by atoms with Gasteiger partial charge < -0.3 is 15.0 Å². The van der Waals surface area contributed by atoms with Crippen LogP contribution in [0.1, 0.15) is 40.9 Å². The van der Waals surface area contributed by atoms with E-state index in [2.05, 4.69) is 10.2 Å². The summed E-state index contributed by atoms with van der Waals surface area (Å²) in [5.74, 6) is 0.458. The molecule has 1 aliphatic heterocycles. The molecule has 0 unspecified atom stereocenters. The van der Waals surface area contributed by atoms with Crippen molar-refractivity contribution in [2.75, 3.05) is 40.3 Å². The highest BCUT2D eigenvalue weighted by molar-refractivity contribution is 7.89. The Balaban J connectivity index is 1.81. The van der Waals surface area contributed by atoms with E-state index in [-0.39, 0.29) is 16.8 Å². The molecular formula is C23H31N3O4S. The fourth-order valence-corrected chi connectivity index (χ4v) is 5.36. The van der Waals surface area contributed by atoms with Crippen molar-refractivity contribution in [1.82, 2.24) is 14.5 Å². The topological polar surface area (TPSA) is 79.0 Å². The molecule has 8 heteroatoms. The predicted molar refractivity (Wildman–Crippen MR) is 121 cm³/mol. The fourth-order valence-electron chi connectivity index (χ4n) is 3.69. The van der Waals surface area contributed by atoms with Crippen LogP contribution in [0.5, 0.6) is 5.75 Å². The number of nitrogens with zero attached hydrogens (tertiary/aromatic N) is 2. The van der Waals surface area contributed by atoms with Crippen LogP contribution < -0.4 is 10.1 Å². The monoisotopic (exact) mass is 445 g/mol. The van der Waals surface area contributed by atoms with Crippen LogP contribution in [0.15, 0.2) is 47.4 Å². The summed E-state index contributed by atoms with van der Waals surface area (Å²) in [5.41, 5.74) is 1.94. The first-order valence-corrected chi connectivity index (χ1v) is 11.9. The third-order valence-corrected chi connectivity index (χ3v) is 7.80. The number of aryl methyl sites for hydroxylation is 1. The van der Waals surface area contributed by atoms with Crippen molar-refractivity contribution in [3.63, 3.8) is 0 Å². The largest absolute Gasteiger partial charge is 0.497 e. The Morgan fingerprint density at radius 2 is 1.74 bits per heavy atom. The van der Waals surface area contributed by atoms with Crippen molar-refractivity contribution in [3.05, 3.63) is 59.2 Å². The molecule has 1 saturated heterocycles. The quantitative estimate of drug-likeness (QED) is 0.709. The number of piperazine rings is 1. The number of likely N-dealkylation sites (N-methyl/N-ethyl adjacent to an activating group) is 1. The van der Waals surface area contributed by atoms with Crippen LogP contribution in [0.2, 0.25) is 0 Å². The fraction of sp³-hybridized carbons (Fsp3) is 0.435. The summed E-state index contributed by atoms with van der Waals surface area (Å²) in [7, 11) is -0.0636. The molecule has 0 aliphatic carbocycles. The Morgan fingerprint density at radius 3 is 2.32 bits per heavy atom. The molecule has 3 rings (SSSR count). The minimum Gasteiger partial charge on any atom is -0.497 e. The highest BCUT2D eigenvalue weighted by atomic mass is 32.2. The average molecular weight is 446 g/mol. The smallest absolute Gasteiger partial charge is 0.251 e. The molecule has 1 amide bonds. The summed E-state index contributed by atoms with van der Waals surface area (Å²) in [5, 5.41) is 3.03. The molecule has 31 heavy (non-hydrogen) atoms. The Bertz CT molecular complexity index is 1010. The summed E-state index contributed by atoms with van der Waals surface area (Å²) >= 11 is 0. The Hall–Kier alpha value is -2.42. The number of carbonyl (C=O) groups is 1. The lowest BCUT2D eigenvalue weighted by Gasteiger charge is -2.32. The molecule has 168 valence electrons. The van der Waals surface area contributed by atoms with Crippen molar-refractivity contribution in [2.24, 2.45) is 0 Å². The van der Waals surface area contributed by atoms with Crippen LogP contribution in [-0.4, -0.2) is 63.9 Å². The predicted octanol–water partition coefficient (Wildman–Crippen LogP) is 2.82. The van der Waals surface area contributed by atoms with Gasteiger partial charge in [-0.3, -0.25) is 4.79 Å². The number of sulfonamides is 1. The van der Waals surface area contributed by atoms with Gasteiger partial charge in [0.15, 0.2) is 0 Å². The molecule has 1 aliphatic rings. The first kappa shape index (κ1) is 23.2. The summed E-state index contributed by atoms with van der Waals surface area (Å²) in [6.45, 7) is 6.04. The van der Waals surface area contributed by atoms with Crippen molar-refractivity contribution < 1.29 is 17.9 Å². The number of benzene rings is 2. The van der Waals surface area contributed by atoms with Crippen LogP contribution in [0.25, 0.3) is 0 Å². The lowest BCUT2D eigenvalue weighted by molar-refractivity contribution is 0.0935. The van der Waals surface area contributed by atoms with Crippen LogP contribution in [0.3, 0.4) is 0 Å². The Kier molecular flexibility index (Phi) is 7.35. The van der Waals surface area contributed by atoms with Gasteiger partial charge in [-0.15, -0.1) is 0 Å². The second-order valence-electron chi connectivity index (χ2n) is 7.90. The molecule has 0 aromatic heterocycles. The van der Waals surface area contributed by atoms with E-state index in [1.165, 1.54) is 10.4 Å². The van der Waals surface area contributed by atoms with E-state index in [4.69, 9.17) is 4.74 Å². The average Bonchev–Trinajstić information content (AvgIpc) is 2.78. The van der Waals surface area contributed by atoms with Crippen molar-refractivity contribution in [3.8, 4) is 5.75 Å². The zero-order valence-corrected chi connectivity index (χ0v) is 19.4. The van der Waals surface area contributed by atoms with Gasteiger partial charge in [0.1, 0.15) is 5.75 Å². The molecule has 0 spiro atoms. The van der Waals surface area contributed by atoms with Crippen molar-refractivity contribution >= 4 is 15.9 Å². The third-order valence-electron chi connectivity index (χ3n) is 5.76. The van der Waals surface area contributed by atoms with Gasteiger partial charge in [0.25, 0.3) is 5.91 Å². The molecule has 2 aromatic rings. The standard InChI is InChI=1S/C23H31N3O4S/c1-5-21(18-8-10-20(30-4)11-9-18)24-23(27)19-7-6-17(2)22(16-19)31(28,29)26-14-12-25(3)13-15-26/h6-11,16,21H,5,12-15H2,1-4H3,(H,24,27)/t21-/m1/s1. The molecule has 2 aromatic carbocycles. The second kappa shape index (κ2) is 9.80. The highest BCUT2D eigenvalue weighted by Crippen LogP contribution is 2.24. The van der Waals surface area contributed by atoms with Crippen LogP contribution in [-0.2, 0) is 10.0 Å². The van der Waals surface area contributed by atoms with Gasteiger partial charge in [0, 0.05) is 31.7 Å². The van der Waals surface area contributed by atoms with E-state index in [0.717, 1.165) is 11.3 Å². The van der Waals surface area contributed by atoms with Crippen molar-refractivity contribution in [2.45, 2.75) is 31.2 Å². The molecule has 0 radical (unpaired) electrons.